The first-order chi connectivity index (χ1) is 14.3. The van der Waals surface area contributed by atoms with E-state index in [0.29, 0.717) is 11.5 Å². The molecule has 1 nitrogen and oxygen atoms in total. The van der Waals surface area contributed by atoms with Gasteiger partial charge < -0.3 is 0 Å². The van der Waals surface area contributed by atoms with Gasteiger partial charge in [0.25, 0.3) is 0 Å². The highest BCUT2D eigenvalue weighted by Crippen LogP contribution is 2.32. The largest absolute Gasteiger partial charge is 0.255 e. The number of pyridine rings is 1. The summed E-state index contributed by atoms with van der Waals surface area (Å²) < 4.78 is 14.5. The fourth-order valence-corrected chi connectivity index (χ4v) is 4.17. The molecule has 154 valence electrons. The van der Waals surface area contributed by atoms with Gasteiger partial charge in [-0.2, -0.15) is 0 Å². The zero-order valence-electron chi connectivity index (χ0n) is 18.9. The normalized spacial score (nSPS) is 14.3. The van der Waals surface area contributed by atoms with Crippen molar-refractivity contribution in [3.8, 4) is 23.6 Å². The summed E-state index contributed by atoms with van der Waals surface area (Å²) >= 11 is 0. The molecule has 1 aromatic heterocycles. The molecule has 0 aliphatic heterocycles. The van der Waals surface area contributed by atoms with Gasteiger partial charge in [0, 0.05) is 17.1 Å². The van der Waals surface area contributed by atoms with E-state index in [1.807, 2.05) is 24.4 Å². The molecule has 2 aromatic carbocycles. The Hall–Kier alpha value is -2.92. The van der Waals surface area contributed by atoms with Gasteiger partial charge in [0.15, 0.2) is 0 Å². The number of terminal acetylenes is 1. The first kappa shape index (κ1) is 21.8. The average Bonchev–Trinajstić information content (AvgIpc) is 2.76. The molecular formula is C28H30FN. The van der Waals surface area contributed by atoms with Crippen LogP contribution in [0.25, 0.3) is 33.2 Å². The Morgan fingerprint density at radius 2 is 1.90 bits per heavy atom. The van der Waals surface area contributed by atoms with Crippen LogP contribution in [0, 0.1) is 31.0 Å². The monoisotopic (exact) mass is 399 g/mol. The summed E-state index contributed by atoms with van der Waals surface area (Å²) in [6.45, 7) is 13.2. The summed E-state index contributed by atoms with van der Waals surface area (Å²) in [6.07, 6.45) is 9.74. The Bertz CT molecular complexity index is 1270. The maximum atomic E-state index is 14.5. The maximum absolute atomic E-state index is 14.5. The number of rotatable bonds is 4. The first-order valence-electron chi connectivity index (χ1n) is 10.7. The van der Waals surface area contributed by atoms with Crippen LogP contribution in [-0.2, 0) is 0 Å². The molecule has 1 unspecified atom stereocenters. The SMILES string of the molecule is C#Cc1c(F)ccc2cccc(-c3nc/c(=C(\C)C(C)CC)c(=C(C)CC)c3C)c12. The van der Waals surface area contributed by atoms with E-state index in [9.17, 15) is 4.39 Å². The van der Waals surface area contributed by atoms with Gasteiger partial charge in [-0.1, -0.05) is 62.1 Å². The third kappa shape index (κ3) is 3.65. The van der Waals surface area contributed by atoms with Gasteiger partial charge in [0.2, 0.25) is 0 Å². The van der Waals surface area contributed by atoms with Crippen molar-refractivity contribution < 1.29 is 4.39 Å². The van der Waals surface area contributed by atoms with Crippen LogP contribution in [-0.4, -0.2) is 4.98 Å². The molecule has 3 rings (SSSR count). The lowest BCUT2D eigenvalue weighted by molar-refractivity contribution is 0.626. The molecule has 30 heavy (non-hydrogen) atoms. The van der Waals surface area contributed by atoms with Crippen LogP contribution in [0.2, 0.25) is 0 Å². The predicted molar refractivity (Wildman–Crippen MR) is 127 cm³/mol. The van der Waals surface area contributed by atoms with Crippen LogP contribution in [0.3, 0.4) is 0 Å². The fraction of sp³-hybridized carbons (Fsp3) is 0.321. The number of benzene rings is 2. The highest BCUT2D eigenvalue weighted by molar-refractivity contribution is 6.00. The van der Waals surface area contributed by atoms with Gasteiger partial charge in [-0.25, -0.2) is 4.39 Å². The minimum absolute atomic E-state index is 0.300. The minimum atomic E-state index is -0.371. The molecule has 2 heteroatoms. The molecule has 0 saturated carbocycles. The lowest BCUT2D eigenvalue weighted by Crippen LogP contribution is -2.33. The lowest BCUT2D eigenvalue weighted by atomic mass is 9.91. The highest BCUT2D eigenvalue weighted by Gasteiger charge is 2.16. The van der Waals surface area contributed by atoms with Crippen LogP contribution in [0.1, 0.15) is 58.6 Å². The zero-order chi connectivity index (χ0) is 22.0. The maximum Gasteiger partial charge on any atom is 0.139 e. The highest BCUT2D eigenvalue weighted by atomic mass is 19.1. The molecule has 0 aliphatic carbocycles. The van der Waals surface area contributed by atoms with Gasteiger partial charge in [0.1, 0.15) is 5.82 Å². The number of hydrogen-bond donors (Lipinski definition) is 0. The Morgan fingerprint density at radius 3 is 2.53 bits per heavy atom. The van der Waals surface area contributed by atoms with Crippen LogP contribution in [0.15, 0.2) is 36.5 Å². The molecule has 0 bridgehead atoms. The Balaban J connectivity index is 2.51. The van der Waals surface area contributed by atoms with Crippen LogP contribution < -0.4 is 10.4 Å². The zero-order valence-corrected chi connectivity index (χ0v) is 18.9. The lowest BCUT2D eigenvalue weighted by Gasteiger charge is -2.15. The fourth-order valence-electron chi connectivity index (χ4n) is 4.17. The second-order valence-electron chi connectivity index (χ2n) is 8.12. The molecule has 0 saturated heterocycles. The average molecular weight is 400 g/mol. The summed E-state index contributed by atoms with van der Waals surface area (Å²) in [5.74, 6) is 2.67. The molecule has 0 radical (unpaired) electrons. The summed E-state index contributed by atoms with van der Waals surface area (Å²) in [5, 5.41) is 4.16. The molecule has 0 aliphatic rings. The molecule has 1 atom stereocenters. The number of fused-ring (bicyclic) bond motifs is 1. The van der Waals surface area contributed by atoms with Crippen molar-refractivity contribution in [3.63, 3.8) is 0 Å². The van der Waals surface area contributed by atoms with E-state index in [-0.39, 0.29) is 5.82 Å². The molecule has 0 fully saturated rings. The molecule has 0 amide bonds. The van der Waals surface area contributed by atoms with Crippen LogP contribution in [0.5, 0.6) is 0 Å². The summed E-state index contributed by atoms with van der Waals surface area (Å²) in [6, 6.07) is 9.17. The third-order valence-electron chi connectivity index (χ3n) is 6.45. The van der Waals surface area contributed by atoms with Gasteiger partial charge >= 0.3 is 0 Å². The Kier molecular flexibility index (Phi) is 6.42. The second-order valence-corrected chi connectivity index (χ2v) is 8.12. The number of hydrogen-bond acceptors (Lipinski definition) is 1. The van der Waals surface area contributed by atoms with Crippen LogP contribution in [0.4, 0.5) is 4.39 Å². The van der Waals surface area contributed by atoms with E-state index in [1.54, 1.807) is 6.07 Å². The quantitative estimate of drug-likeness (QED) is 0.481. The van der Waals surface area contributed by atoms with Crippen molar-refractivity contribution in [2.45, 2.75) is 54.4 Å². The Morgan fingerprint density at radius 1 is 1.17 bits per heavy atom. The van der Waals surface area contributed by atoms with E-state index < -0.39 is 0 Å². The molecule has 1 heterocycles. The van der Waals surface area contributed by atoms with Gasteiger partial charge in [-0.3, -0.25) is 4.98 Å². The summed E-state index contributed by atoms with van der Waals surface area (Å²) in [4.78, 5) is 4.89. The minimum Gasteiger partial charge on any atom is -0.255 e. The summed E-state index contributed by atoms with van der Waals surface area (Å²) in [7, 11) is 0. The summed E-state index contributed by atoms with van der Waals surface area (Å²) in [5.41, 5.74) is 5.86. The van der Waals surface area contributed by atoms with E-state index in [1.165, 1.54) is 27.6 Å². The first-order valence-corrected chi connectivity index (χ1v) is 10.7. The van der Waals surface area contributed by atoms with Crippen molar-refractivity contribution in [2.24, 2.45) is 5.92 Å². The standard InChI is InChI=1S/C28H30FN/c1-8-17(4)19(6)24-16-30-28(20(7)26(24)18(5)9-2)23-13-11-12-21-14-15-25(29)22(10-3)27(21)23/h3,11-17H,8-9H2,1-2,4-7H3/b24-19-,26-18?. The molecule has 3 aromatic rings. The van der Waals surface area contributed by atoms with Crippen LogP contribution >= 0.6 is 0 Å². The Labute approximate surface area is 179 Å². The van der Waals surface area contributed by atoms with Crippen molar-refractivity contribution in [2.75, 3.05) is 0 Å². The van der Waals surface area contributed by atoms with E-state index >= 15 is 0 Å². The van der Waals surface area contributed by atoms with E-state index in [0.717, 1.165) is 40.4 Å². The topological polar surface area (TPSA) is 12.9 Å². The molecule has 0 N–H and O–H groups in total. The number of aromatic nitrogens is 1. The molecule has 0 spiro atoms. The second kappa shape index (κ2) is 8.84. The molecular weight excluding hydrogens is 369 g/mol. The van der Waals surface area contributed by atoms with Gasteiger partial charge in [-0.05, 0) is 67.0 Å². The van der Waals surface area contributed by atoms with Crippen molar-refractivity contribution >= 4 is 21.9 Å². The number of halogens is 1. The number of nitrogens with zero attached hydrogens (tertiary/aromatic N) is 1. The van der Waals surface area contributed by atoms with E-state index in [4.69, 9.17) is 11.4 Å². The van der Waals surface area contributed by atoms with Gasteiger partial charge in [-0.15, -0.1) is 6.42 Å². The third-order valence-corrected chi connectivity index (χ3v) is 6.45. The van der Waals surface area contributed by atoms with Crippen molar-refractivity contribution in [1.82, 2.24) is 4.98 Å². The van der Waals surface area contributed by atoms with Gasteiger partial charge in [0.05, 0.1) is 11.3 Å². The van der Waals surface area contributed by atoms with Crippen molar-refractivity contribution in [1.29, 1.82) is 0 Å². The predicted octanol–water partition coefficient (Wildman–Crippen LogP) is 6.13. The van der Waals surface area contributed by atoms with Crippen molar-refractivity contribution in [3.05, 3.63) is 63.9 Å². The smallest absolute Gasteiger partial charge is 0.139 e. The van der Waals surface area contributed by atoms with E-state index in [2.05, 4.69) is 47.5 Å².